The number of hydrogen-bond acceptors (Lipinski definition) is 3. The number of rotatable bonds is 4. The second kappa shape index (κ2) is 4.79. The van der Waals surface area contributed by atoms with E-state index in [9.17, 15) is 4.79 Å². The van der Waals surface area contributed by atoms with Crippen molar-refractivity contribution in [3.63, 3.8) is 0 Å². The van der Waals surface area contributed by atoms with E-state index in [2.05, 4.69) is 10.3 Å². The molecule has 90 valence electrons. The summed E-state index contributed by atoms with van der Waals surface area (Å²) in [6, 6.07) is 5.15. The van der Waals surface area contributed by atoms with E-state index in [4.69, 9.17) is 18.0 Å². The summed E-state index contributed by atoms with van der Waals surface area (Å²) >= 11 is 4.97. The molecule has 0 aromatic carbocycles. The largest absolute Gasteiger partial charge is 0.392 e. The van der Waals surface area contributed by atoms with Gasteiger partial charge in [-0.1, -0.05) is 18.3 Å². The fourth-order valence-corrected chi connectivity index (χ4v) is 1.99. The summed E-state index contributed by atoms with van der Waals surface area (Å²) < 4.78 is 0. The summed E-state index contributed by atoms with van der Waals surface area (Å²) in [7, 11) is 0. The number of amides is 1. The highest BCUT2D eigenvalue weighted by molar-refractivity contribution is 7.80. The van der Waals surface area contributed by atoms with Crippen molar-refractivity contribution in [2.75, 3.05) is 0 Å². The molecule has 1 aromatic rings. The fourth-order valence-electron chi connectivity index (χ4n) is 1.74. The Labute approximate surface area is 106 Å². The lowest BCUT2D eigenvalue weighted by molar-refractivity contribution is 0.0938. The summed E-state index contributed by atoms with van der Waals surface area (Å²) in [6.45, 7) is 1.85. The molecule has 1 saturated carbocycles. The lowest BCUT2D eigenvalue weighted by atomic mass is 10.1. The molecule has 2 rings (SSSR count). The van der Waals surface area contributed by atoms with E-state index in [1.165, 1.54) is 0 Å². The number of nitrogens with two attached hydrogens (primary N) is 1. The van der Waals surface area contributed by atoms with Gasteiger partial charge in [0.1, 0.15) is 5.69 Å². The molecule has 1 aliphatic rings. The highest BCUT2D eigenvalue weighted by atomic mass is 32.1. The molecule has 1 heterocycles. The van der Waals surface area contributed by atoms with E-state index in [1.54, 1.807) is 6.07 Å². The van der Waals surface area contributed by atoms with E-state index < -0.39 is 0 Å². The highest BCUT2D eigenvalue weighted by Crippen LogP contribution is 2.32. The number of thiocarbonyl (C=S) groups is 1. The fraction of sp³-hybridized carbons (Fsp3) is 0.417. The first-order valence-electron chi connectivity index (χ1n) is 5.62. The van der Waals surface area contributed by atoms with Crippen molar-refractivity contribution in [3.05, 3.63) is 29.6 Å². The van der Waals surface area contributed by atoms with Gasteiger partial charge in [-0.3, -0.25) is 4.79 Å². The second-order valence-corrected chi connectivity index (χ2v) is 4.83. The molecule has 1 atom stereocenters. The molecule has 4 nitrogen and oxygen atoms in total. The first-order chi connectivity index (χ1) is 8.08. The monoisotopic (exact) mass is 249 g/mol. The SMILES string of the molecule is Cc1cccc(C(=O)NC(C(N)=S)C2CC2)n1. The second-order valence-electron chi connectivity index (χ2n) is 4.36. The minimum atomic E-state index is -0.210. The van der Waals surface area contributed by atoms with Crippen molar-refractivity contribution in [1.29, 1.82) is 0 Å². The average molecular weight is 249 g/mol. The van der Waals surface area contributed by atoms with Gasteiger partial charge in [0.15, 0.2) is 0 Å². The molecular weight excluding hydrogens is 234 g/mol. The van der Waals surface area contributed by atoms with Gasteiger partial charge in [0.2, 0.25) is 0 Å². The number of carbonyl (C=O) groups is 1. The minimum Gasteiger partial charge on any atom is -0.392 e. The summed E-state index contributed by atoms with van der Waals surface area (Å²) in [5.74, 6) is 0.194. The summed E-state index contributed by atoms with van der Waals surface area (Å²) in [6.07, 6.45) is 2.15. The Balaban J connectivity index is 2.07. The number of aromatic nitrogens is 1. The van der Waals surface area contributed by atoms with E-state index in [0.717, 1.165) is 18.5 Å². The molecule has 0 saturated heterocycles. The molecule has 5 heteroatoms. The molecule has 1 aromatic heterocycles. The first kappa shape index (κ1) is 12.0. The number of pyridine rings is 1. The maximum Gasteiger partial charge on any atom is 0.270 e. The quantitative estimate of drug-likeness (QED) is 0.786. The molecule has 3 N–H and O–H groups in total. The van der Waals surface area contributed by atoms with Crippen LogP contribution in [-0.2, 0) is 0 Å². The topological polar surface area (TPSA) is 68.0 Å². The van der Waals surface area contributed by atoms with Crippen molar-refractivity contribution >= 4 is 23.1 Å². The van der Waals surface area contributed by atoms with Crippen LogP contribution in [-0.4, -0.2) is 21.9 Å². The molecule has 0 spiro atoms. The Kier molecular flexibility index (Phi) is 3.38. The van der Waals surface area contributed by atoms with Gasteiger partial charge in [0.05, 0.1) is 11.0 Å². The van der Waals surface area contributed by atoms with E-state index >= 15 is 0 Å². The van der Waals surface area contributed by atoms with Crippen molar-refractivity contribution in [1.82, 2.24) is 10.3 Å². The average Bonchev–Trinajstić information content (AvgIpc) is 3.09. The zero-order valence-electron chi connectivity index (χ0n) is 9.64. The smallest absolute Gasteiger partial charge is 0.270 e. The minimum absolute atomic E-state index is 0.195. The zero-order valence-corrected chi connectivity index (χ0v) is 10.5. The maximum atomic E-state index is 12.0. The molecule has 0 bridgehead atoms. The van der Waals surface area contributed by atoms with E-state index in [1.807, 2.05) is 19.1 Å². The number of nitrogens with zero attached hydrogens (tertiary/aromatic N) is 1. The van der Waals surface area contributed by atoms with Crippen molar-refractivity contribution in [3.8, 4) is 0 Å². The van der Waals surface area contributed by atoms with E-state index in [-0.39, 0.29) is 11.9 Å². The van der Waals surface area contributed by atoms with Crippen LogP contribution in [0.3, 0.4) is 0 Å². The van der Waals surface area contributed by atoms with Crippen LogP contribution < -0.4 is 11.1 Å². The van der Waals surface area contributed by atoms with Gasteiger partial charge in [-0.05, 0) is 37.8 Å². The van der Waals surface area contributed by atoms with E-state index in [0.29, 0.717) is 16.6 Å². The summed E-state index contributed by atoms with van der Waals surface area (Å²) in [5.41, 5.74) is 6.86. The normalized spacial score (nSPS) is 16.3. The Morgan fingerprint density at radius 3 is 2.82 bits per heavy atom. The van der Waals surface area contributed by atoms with Gasteiger partial charge in [0, 0.05) is 5.69 Å². The Morgan fingerprint density at radius 1 is 1.59 bits per heavy atom. The number of carbonyl (C=O) groups excluding carboxylic acids is 1. The van der Waals surface area contributed by atoms with Crippen LogP contribution in [0.4, 0.5) is 0 Å². The van der Waals surface area contributed by atoms with Crippen LogP contribution in [0, 0.1) is 12.8 Å². The Hall–Kier alpha value is -1.49. The molecule has 1 unspecified atom stereocenters. The molecule has 1 amide bonds. The van der Waals surface area contributed by atoms with Crippen molar-refractivity contribution in [2.45, 2.75) is 25.8 Å². The highest BCUT2D eigenvalue weighted by Gasteiger charge is 2.34. The van der Waals surface area contributed by atoms with Gasteiger partial charge in [0.25, 0.3) is 5.91 Å². The molecule has 1 aliphatic carbocycles. The molecular formula is C12H15N3OS. The van der Waals surface area contributed by atoms with Gasteiger partial charge < -0.3 is 11.1 Å². The molecule has 17 heavy (non-hydrogen) atoms. The van der Waals surface area contributed by atoms with Gasteiger partial charge >= 0.3 is 0 Å². The van der Waals surface area contributed by atoms with Gasteiger partial charge in [-0.25, -0.2) is 4.98 Å². The number of aryl methyl sites for hydroxylation is 1. The first-order valence-corrected chi connectivity index (χ1v) is 6.02. The predicted octanol–water partition coefficient (Wildman–Crippen LogP) is 1.18. The van der Waals surface area contributed by atoms with Crippen molar-refractivity contribution in [2.24, 2.45) is 11.7 Å². The predicted molar refractivity (Wildman–Crippen MR) is 69.7 cm³/mol. The molecule has 1 fully saturated rings. The third-order valence-corrected chi connectivity index (χ3v) is 3.06. The van der Waals surface area contributed by atoms with Gasteiger partial charge in [-0.15, -0.1) is 0 Å². The van der Waals surface area contributed by atoms with Crippen LogP contribution in [0.15, 0.2) is 18.2 Å². The third kappa shape index (κ3) is 3.00. The standard InChI is InChI=1S/C12H15N3OS/c1-7-3-2-4-9(14-7)12(16)15-10(11(13)17)8-5-6-8/h2-4,8,10H,5-6H2,1H3,(H2,13,17)(H,15,16). The lowest BCUT2D eigenvalue weighted by Crippen LogP contribution is -2.45. The zero-order chi connectivity index (χ0) is 12.4. The number of nitrogens with one attached hydrogen (secondary N) is 1. The Bertz CT molecular complexity index is 457. The third-order valence-electron chi connectivity index (χ3n) is 2.81. The van der Waals surface area contributed by atoms with Gasteiger partial charge in [-0.2, -0.15) is 0 Å². The van der Waals surface area contributed by atoms with Crippen LogP contribution in [0.25, 0.3) is 0 Å². The summed E-state index contributed by atoms with van der Waals surface area (Å²) in [4.78, 5) is 16.5. The maximum absolute atomic E-state index is 12.0. The van der Waals surface area contributed by atoms with Crippen LogP contribution in [0.5, 0.6) is 0 Å². The number of hydrogen-bond donors (Lipinski definition) is 2. The van der Waals surface area contributed by atoms with Crippen LogP contribution in [0.1, 0.15) is 29.0 Å². The van der Waals surface area contributed by atoms with Crippen LogP contribution in [0.2, 0.25) is 0 Å². The lowest BCUT2D eigenvalue weighted by Gasteiger charge is -2.16. The summed E-state index contributed by atoms with van der Waals surface area (Å²) in [5, 5.41) is 2.85. The molecule has 0 radical (unpaired) electrons. The molecule has 0 aliphatic heterocycles. The Morgan fingerprint density at radius 2 is 2.29 bits per heavy atom. The van der Waals surface area contributed by atoms with Crippen LogP contribution >= 0.6 is 12.2 Å². The van der Waals surface area contributed by atoms with Crippen molar-refractivity contribution < 1.29 is 4.79 Å².